The van der Waals surface area contributed by atoms with Crippen LogP contribution in [0.5, 0.6) is 0 Å². The molecule has 0 aliphatic carbocycles. The summed E-state index contributed by atoms with van der Waals surface area (Å²) >= 11 is 12.8. The summed E-state index contributed by atoms with van der Waals surface area (Å²) in [6, 6.07) is 13.8. The third-order valence-electron chi connectivity index (χ3n) is 4.17. The number of hydrogen-bond acceptors (Lipinski definition) is 4. The monoisotopic (exact) mass is 462 g/mol. The molecule has 6 nitrogen and oxygen atoms in total. The number of thiophene rings is 1. The van der Waals surface area contributed by atoms with Crippen LogP contribution in [0, 0.1) is 0 Å². The molecule has 3 N–H and O–H groups in total. The molecule has 1 heterocycles. The van der Waals surface area contributed by atoms with Gasteiger partial charge < -0.3 is 15.7 Å². The van der Waals surface area contributed by atoms with Crippen LogP contribution in [0.4, 0.5) is 10.7 Å². The van der Waals surface area contributed by atoms with Gasteiger partial charge >= 0.3 is 5.97 Å². The maximum atomic E-state index is 12.5. The highest BCUT2D eigenvalue weighted by Crippen LogP contribution is 2.33. The Morgan fingerprint density at radius 2 is 1.70 bits per heavy atom. The molecular weight excluding hydrogens is 447 g/mol. The number of halogens is 2. The van der Waals surface area contributed by atoms with Gasteiger partial charge in [-0.25, -0.2) is 4.79 Å². The topological polar surface area (TPSA) is 95.5 Å². The molecule has 3 aromatic rings. The van der Waals surface area contributed by atoms with Crippen LogP contribution in [-0.4, -0.2) is 22.9 Å². The number of hydrogen-bond donors (Lipinski definition) is 3. The number of carbonyl (C=O) groups excluding carboxylic acids is 2. The van der Waals surface area contributed by atoms with Gasteiger partial charge in [-0.3, -0.25) is 9.59 Å². The van der Waals surface area contributed by atoms with Gasteiger partial charge in [0.05, 0.1) is 15.7 Å². The van der Waals surface area contributed by atoms with Crippen LogP contribution in [-0.2, 0) is 11.2 Å². The van der Waals surface area contributed by atoms with Gasteiger partial charge in [-0.05, 0) is 30.2 Å². The molecule has 154 valence electrons. The van der Waals surface area contributed by atoms with Crippen molar-refractivity contribution in [2.75, 3.05) is 10.6 Å². The predicted octanol–water partition coefficient (Wildman–Crippen LogP) is 5.58. The molecule has 0 aliphatic rings. The Bertz CT molecular complexity index is 1100. The highest BCUT2D eigenvalue weighted by atomic mass is 35.5. The second kappa shape index (κ2) is 9.75. The zero-order valence-corrected chi connectivity index (χ0v) is 17.8. The zero-order chi connectivity index (χ0) is 21.7. The Balaban J connectivity index is 1.71. The lowest BCUT2D eigenvalue weighted by Crippen LogP contribution is -2.16. The zero-order valence-electron chi connectivity index (χ0n) is 15.4. The van der Waals surface area contributed by atoms with E-state index in [1.165, 1.54) is 23.6 Å². The smallest absolute Gasteiger partial charge is 0.340 e. The van der Waals surface area contributed by atoms with Crippen molar-refractivity contribution in [1.29, 1.82) is 0 Å². The van der Waals surface area contributed by atoms with E-state index in [2.05, 4.69) is 10.6 Å². The first kappa shape index (κ1) is 21.8. The quantitative estimate of drug-likeness (QED) is 0.427. The summed E-state index contributed by atoms with van der Waals surface area (Å²) in [4.78, 5) is 36.5. The first-order chi connectivity index (χ1) is 14.3. The lowest BCUT2D eigenvalue weighted by atomic mass is 10.1. The summed E-state index contributed by atoms with van der Waals surface area (Å²) in [6.07, 6.45) is 0.729. The second-order valence-corrected chi connectivity index (χ2v) is 7.97. The fourth-order valence-electron chi connectivity index (χ4n) is 2.68. The molecule has 0 radical (unpaired) electrons. The van der Waals surface area contributed by atoms with E-state index < -0.39 is 11.9 Å². The van der Waals surface area contributed by atoms with Gasteiger partial charge in [-0.1, -0.05) is 53.5 Å². The minimum Gasteiger partial charge on any atom is -0.478 e. The highest BCUT2D eigenvalue weighted by Gasteiger charge is 2.22. The molecule has 9 heteroatoms. The van der Waals surface area contributed by atoms with Crippen molar-refractivity contribution in [1.82, 2.24) is 0 Å². The molecule has 0 fully saturated rings. The van der Waals surface area contributed by atoms with E-state index >= 15 is 0 Å². The first-order valence-electron chi connectivity index (χ1n) is 8.80. The van der Waals surface area contributed by atoms with Crippen molar-refractivity contribution in [2.24, 2.45) is 0 Å². The summed E-state index contributed by atoms with van der Waals surface area (Å²) in [6.45, 7) is 0. The number of carbonyl (C=O) groups is 3. The van der Waals surface area contributed by atoms with Crippen LogP contribution in [0.3, 0.4) is 0 Å². The van der Waals surface area contributed by atoms with Crippen molar-refractivity contribution in [3.05, 3.63) is 80.6 Å². The van der Waals surface area contributed by atoms with Gasteiger partial charge in [0, 0.05) is 17.4 Å². The molecule has 1 aromatic heterocycles. The Morgan fingerprint density at radius 1 is 0.967 bits per heavy atom. The molecular formula is C21H16Cl2N2O4S. The lowest BCUT2D eigenvalue weighted by Gasteiger charge is -2.08. The fraction of sp³-hybridized carbons (Fsp3) is 0.0952. The summed E-state index contributed by atoms with van der Waals surface area (Å²) in [5.74, 6) is -2.12. The van der Waals surface area contributed by atoms with Crippen molar-refractivity contribution in [2.45, 2.75) is 12.8 Å². The van der Waals surface area contributed by atoms with E-state index in [9.17, 15) is 19.5 Å². The predicted molar refractivity (Wildman–Crippen MR) is 119 cm³/mol. The van der Waals surface area contributed by atoms with Crippen molar-refractivity contribution < 1.29 is 19.5 Å². The summed E-state index contributed by atoms with van der Waals surface area (Å²) < 4.78 is 0. The number of aryl methyl sites for hydroxylation is 1. The highest BCUT2D eigenvalue weighted by molar-refractivity contribution is 7.15. The molecule has 2 aromatic carbocycles. The standard InChI is InChI=1S/C21H16Cl2N2O4S/c22-14-8-7-13(10-15(14)23)19(27)24-16-11-30-20(18(16)21(28)29)25-17(26)9-6-12-4-2-1-3-5-12/h1-5,7-8,10-11H,6,9H2,(H,24,27)(H,25,26)(H,28,29). The Morgan fingerprint density at radius 3 is 2.37 bits per heavy atom. The van der Waals surface area contributed by atoms with Crippen molar-refractivity contribution in [3.8, 4) is 0 Å². The van der Waals surface area contributed by atoms with Crippen molar-refractivity contribution >= 4 is 63.0 Å². The summed E-state index contributed by atoms with van der Waals surface area (Å²) in [7, 11) is 0. The van der Waals surface area contributed by atoms with Crippen LogP contribution >= 0.6 is 34.5 Å². The normalized spacial score (nSPS) is 10.5. The molecule has 0 saturated carbocycles. The van der Waals surface area contributed by atoms with E-state index in [-0.39, 0.29) is 39.2 Å². The van der Waals surface area contributed by atoms with E-state index in [0.717, 1.165) is 16.9 Å². The van der Waals surface area contributed by atoms with Crippen LogP contribution in [0.25, 0.3) is 0 Å². The molecule has 0 atom stereocenters. The van der Waals surface area contributed by atoms with E-state index in [4.69, 9.17) is 23.2 Å². The van der Waals surface area contributed by atoms with E-state index in [1.807, 2.05) is 30.3 Å². The van der Waals surface area contributed by atoms with Gasteiger partial charge in [-0.15, -0.1) is 11.3 Å². The SMILES string of the molecule is O=C(CCc1ccccc1)Nc1scc(NC(=O)c2ccc(Cl)c(Cl)c2)c1C(=O)O. The van der Waals surface area contributed by atoms with Gasteiger partial charge in [-0.2, -0.15) is 0 Å². The number of carboxylic acids is 1. The molecule has 3 rings (SSSR count). The number of benzene rings is 2. The van der Waals surface area contributed by atoms with Crippen LogP contribution in [0.1, 0.15) is 32.7 Å². The van der Waals surface area contributed by atoms with Gasteiger partial charge in [0.15, 0.2) is 0 Å². The number of carboxylic acid groups (broad SMARTS) is 1. The van der Waals surface area contributed by atoms with E-state index in [0.29, 0.717) is 11.4 Å². The molecule has 2 amide bonds. The number of rotatable bonds is 7. The van der Waals surface area contributed by atoms with Gasteiger partial charge in [0.25, 0.3) is 5.91 Å². The molecule has 30 heavy (non-hydrogen) atoms. The Labute approximate surface area is 186 Å². The fourth-order valence-corrected chi connectivity index (χ4v) is 3.88. The Kier molecular flexibility index (Phi) is 7.10. The third kappa shape index (κ3) is 5.38. The minimum atomic E-state index is -1.26. The number of nitrogens with one attached hydrogen (secondary N) is 2. The molecule has 0 unspecified atom stereocenters. The van der Waals surface area contributed by atoms with Crippen LogP contribution in [0.15, 0.2) is 53.9 Å². The summed E-state index contributed by atoms with van der Waals surface area (Å²) in [5, 5.41) is 16.9. The number of amides is 2. The van der Waals surface area contributed by atoms with E-state index in [1.54, 1.807) is 0 Å². The van der Waals surface area contributed by atoms with Crippen LogP contribution < -0.4 is 10.6 Å². The Hall–Kier alpha value is -2.87. The average molecular weight is 463 g/mol. The number of anilines is 2. The second-order valence-electron chi connectivity index (χ2n) is 6.28. The third-order valence-corrected chi connectivity index (χ3v) is 5.81. The van der Waals surface area contributed by atoms with Crippen molar-refractivity contribution in [3.63, 3.8) is 0 Å². The van der Waals surface area contributed by atoms with Crippen LogP contribution in [0.2, 0.25) is 10.0 Å². The molecule has 0 spiro atoms. The lowest BCUT2D eigenvalue weighted by molar-refractivity contribution is -0.116. The first-order valence-corrected chi connectivity index (χ1v) is 10.4. The van der Waals surface area contributed by atoms with Gasteiger partial charge in [0.2, 0.25) is 5.91 Å². The molecule has 0 bridgehead atoms. The maximum absolute atomic E-state index is 12.5. The summed E-state index contributed by atoms with van der Waals surface area (Å²) in [5.41, 5.74) is 1.13. The molecule has 0 aliphatic heterocycles. The minimum absolute atomic E-state index is 0.0851. The number of aromatic carboxylic acids is 1. The van der Waals surface area contributed by atoms with Gasteiger partial charge in [0.1, 0.15) is 10.6 Å². The average Bonchev–Trinajstić information content (AvgIpc) is 3.11. The maximum Gasteiger partial charge on any atom is 0.340 e. The molecule has 0 saturated heterocycles. The largest absolute Gasteiger partial charge is 0.478 e.